The molecule has 0 spiro atoms. The first-order valence-electron chi connectivity index (χ1n) is 8.07. The first-order valence-corrected chi connectivity index (χ1v) is 8.07. The molecule has 2 saturated carbocycles. The van der Waals surface area contributed by atoms with Crippen LogP contribution in [-0.4, -0.2) is 22.8 Å². The minimum atomic E-state index is -0.645. The van der Waals surface area contributed by atoms with Crippen LogP contribution >= 0.6 is 0 Å². The molecule has 2 N–H and O–H groups in total. The third-order valence-corrected chi connectivity index (χ3v) is 5.16. The summed E-state index contributed by atoms with van der Waals surface area (Å²) in [6.07, 6.45) is 6.70. The number of carbonyl (C=O) groups is 2. The smallest absolute Gasteiger partial charge is 0.314 e. The van der Waals surface area contributed by atoms with E-state index in [9.17, 15) is 9.59 Å². The molecule has 2 aliphatic rings. The number of aromatic nitrogens is 1. The number of aryl methyl sites for hydroxylation is 1. The molecule has 1 aromatic rings. The Bertz CT molecular complexity index is 587. The van der Waals surface area contributed by atoms with Gasteiger partial charge in [0.25, 0.3) is 0 Å². The summed E-state index contributed by atoms with van der Waals surface area (Å²) in [6.45, 7) is 3.93. The fourth-order valence-corrected chi connectivity index (χ4v) is 4.06. The maximum atomic E-state index is 12.1. The Morgan fingerprint density at radius 1 is 1.27 bits per heavy atom. The fourth-order valence-electron chi connectivity index (χ4n) is 4.06. The van der Waals surface area contributed by atoms with Crippen LogP contribution in [0.1, 0.15) is 38.2 Å². The number of pyridine rings is 1. The zero-order valence-corrected chi connectivity index (χ0v) is 13.1. The lowest BCUT2D eigenvalue weighted by Crippen LogP contribution is -2.45. The van der Waals surface area contributed by atoms with Gasteiger partial charge in [0, 0.05) is 12.2 Å². The number of amides is 2. The zero-order valence-electron chi connectivity index (χ0n) is 13.1. The topological polar surface area (TPSA) is 71.1 Å². The molecule has 1 heterocycles. The van der Waals surface area contributed by atoms with Crippen molar-refractivity contribution in [3.8, 4) is 0 Å². The second kappa shape index (κ2) is 6.07. The summed E-state index contributed by atoms with van der Waals surface area (Å²) in [5, 5.41) is 5.41. The Balaban J connectivity index is 1.54. The number of nitrogens with one attached hydrogen (secondary N) is 2. The molecule has 5 nitrogen and oxygen atoms in total. The van der Waals surface area contributed by atoms with E-state index in [-0.39, 0.29) is 6.04 Å². The molecule has 2 amide bonds. The maximum Gasteiger partial charge on any atom is 0.314 e. The van der Waals surface area contributed by atoms with Gasteiger partial charge in [-0.3, -0.25) is 9.59 Å². The van der Waals surface area contributed by atoms with Crippen LogP contribution < -0.4 is 10.6 Å². The predicted octanol–water partition coefficient (Wildman–Crippen LogP) is 2.27. The molecule has 2 fully saturated rings. The number of hydrogen-bond acceptors (Lipinski definition) is 3. The largest absolute Gasteiger partial charge is 0.345 e. The average molecular weight is 301 g/mol. The van der Waals surface area contributed by atoms with Crippen molar-refractivity contribution in [2.45, 2.75) is 45.6 Å². The molecular weight excluding hydrogens is 278 g/mol. The van der Waals surface area contributed by atoms with Crippen LogP contribution in [0.4, 0.5) is 5.82 Å². The lowest BCUT2D eigenvalue weighted by atomic mass is 9.84. The van der Waals surface area contributed by atoms with Crippen LogP contribution in [0, 0.1) is 24.7 Å². The molecule has 118 valence electrons. The second-order valence-electron chi connectivity index (χ2n) is 6.77. The molecule has 0 radical (unpaired) electrons. The van der Waals surface area contributed by atoms with Crippen LogP contribution in [0.3, 0.4) is 0 Å². The Morgan fingerprint density at radius 3 is 2.73 bits per heavy atom. The summed E-state index contributed by atoms with van der Waals surface area (Å²) >= 11 is 0. The summed E-state index contributed by atoms with van der Waals surface area (Å²) in [7, 11) is 0. The van der Waals surface area contributed by atoms with Gasteiger partial charge in [0.2, 0.25) is 0 Å². The minimum absolute atomic E-state index is 0.0546. The van der Waals surface area contributed by atoms with E-state index in [0.29, 0.717) is 11.7 Å². The normalized spacial score (nSPS) is 27.5. The van der Waals surface area contributed by atoms with Gasteiger partial charge in [-0.2, -0.15) is 0 Å². The number of fused-ring (bicyclic) bond motifs is 2. The van der Waals surface area contributed by atoms with E-state index >= 15 is 0 Å². The summed E-state index contributed by atoms with van der Waals surface area (Å²) in [4.78, 5) is 28.1. The predicted molar refractivity (Wildman–Crippen MR) is 84.1 cm³/mol. The fraction of sp³-hybridized carbons (Fsp3) is 0.588. The summed E-state index contributed by atoms with van der Waals surface area (Å²) in [5.74, 6) is 1.27. The average Bonchev–Trinajstić information content (AvgIpc) is 3.09. The van der Waals surface area contributed by atoms with Gasteiger partial charge in [0.05, 0.1) is 0 Å². The Labute approximate surface area is 130 Å². The van der Waals surface area contributed by atoms with Crippen LogP contribution in [0.2, 0.25) is 0 Å². The Hall–Kier alpha value is -1.91. The SMILES string of the molecule is Cc1ccnc(NC(=O)C(=O)NC(C)C2CC3CCC2C3)c1. The number of carbonyl (C=O) groups excluding carboxylic acids is 2. The van der Waals surface area contributed by atoms with E-state index < -0.39 is 11.8 Å². The van der Waals surface area contributed by atoms with E-state index in [0.717, 1.165) is 17.4 Å². The highest BCUT2D eigenvalue weighted by atomic mass is 16.2. The number of anilines is 1. The summed E-state index contributed by atoms with van der Waals surface area (Å²) in [6, 6.07) is 3.64. The first kappa shape index (κ1) is 15.0. The van der Waals surface area contributed by atoms with Gasteiger partial charge in [-0.25, -0.2) is 4.98 Å². The number of hydrogen-bond donors (Lipinski definition) is 2. The molecule has 2 bridgehead atoms. The minimum Gasteiger partial charge on any atom is -0.345 e. The Morgan fingerprint density at radius 2 is 2.09 bits per heavy atom. The molecule has 22 heavy (non-hydrogen) atoms. The first-order chi connectivity index (χ1) is 10.5. The number of rotatable bonds is 3. The highest BCUT2D eigenvalue weighted by Gasteiger charge is 2.42. The van der Waals surface area contributed by atoms with Crippen molar-refractivity contribution in [2.75, 3.05) is 5.32 Å². The lowest BCUT2D eigenvalue weighted by Gasteiger charge is -2.28. The highest BCUT2D eigenvalue weighted by Crippen LogP contribution is 2.49. The molecule has 5 heteroatoms. The highest BCUT2D eigenvalue weighted by molar-refractivity contribution is 6.39. The zero-order chi connectivity index (χ0) is 15.7. The van der Waals surface area contributed by atoms with E-state index in [1.165, 1.54) is 25.7 Å². The van der Waals surface area contributed by atoms with Gasteiger partial charge in [-0.1, -0.05) is 6.42 Å². The quantitative estimate of drug-likeness (QED) is 0.841. The van der Waals surface area contributed by atoms with E-state index in [2.05, 4.69) is 15.6 Å². The molecule has 1 aromatic heterocycles. The third-order valence-electron chi connectivity index (χ3n) is 5.16. The Kier molecular flexibility index (Phi) is 4.14. The number of nitrogens with zero attached hydrogens (tertiary/aromatic N) is 1. The second-order valence-corrected chi connectivity index (χ2v) is 6.77. The van der Waals surface area contributed by atoms with Crippen molar-refractivity contribution in [3.63, 3.8) is 0 Å². The molecule has 4 atom stereocenters. The maximum absolute atomic E-state index is 12.1. The van der Waals surface area contributed by atoms with E-state index in [1.54, 1.807) is 12.3 Å². The van der Waals surface area contributed by atoms with Crippen LogP contribution in [0.5, 0.6) is 0 Å². The van der Waals surface area contributed by atoms with Crippen molar-refractivity contribution >= 4 is 17.6 Å². The van der Waals surface area contributed by atoms with Crippen molar-refractivity contribution < 1.29 is 9.59 Å². The van der Waals surface area contributed by atoms with Crippen molar-refractivity contribution in [2.24, 2.45) is 17.8 Å². The molecule has 3 rings (SSSR count). The summed E-state index contributed by atoms with van der Waals surface area (Å²) < 4.78 is 0. The van der Waals surface area contributed by atoms with Crippen LogP contribution in [-0.2, 0) is 9.59 Å². The van der Waals surface area contributed by atoms with Gasteiger partial charge in [0.15, 0.2) is 0 Å². The lowest BCUT2D eigenvalue weighted by molar-refractivity contribution is -0.136. The molecular formula is C17H23N3O2. The standard InChI is InChI=1S/C17H23N3O2/c1-10-5-6-18-15(7-10)20-17(22)16(21)19-11(2)14-9-12-3-4-13(14)8-12/h5-7,11-14H,3-4,8-9H2,1-2H3,(H,19,21)(H,18,20,22). The molecule has 2 aliphatic carbocycles. The van der Waals surface area contributed by atoms with E-state index in [4.69, 9.17) is 0 Å². The molecule has 0 aliphatic heterocycles. The van der Waals surface area contributed by atoms with E-state index in [1.807, 2.05) is 19.9 Å². The van der Waals surface area contributed by atoms with Crippen molar-refractivity contribution in [1.82, 2.24) is 10.3 Å². The van der Waals surface area contributed by atoms with Gasteiger partial charge < -0.3 is 10.6 Å². The van der Waals surface area contributed by atoms with Gasteiger partial charge >= 0.3 is 11.8 Å². The molecule has 0 saturated heterocycles. The molecule has 4 unspecified atom stereocenters. The van der Waals surface area contributed by atoms with Crippen LogP contribution in [0.15, 0.2) is 18.3 Å². The van der Waals surface area contributed by atoms with Crippen LogP contribution in [0.25, 0.3) is 0 Å². The van der Waals surface area contributed by atoms with Gasteiger partial charge in [0.1, 0.15) is 5.82 Å². The van der Waals surface area contributed by atoms with Crippen molar-refractivity contribution in [1.29, 1.82) is 0 Å². The van der Waals surface area contributed by atoms with Gasteiger partial charge in [-0.05, 0) is 68.6 Å². The monoisotopic (exact) mass is 301 g/mol. The van der Waals surface area contributed by atoms with Gasteiger partial charge in [-0.15, -0.1) is 0 Å². The molecule has 0 aromatic carbocycles. The van der Waals surface area contributed by atoms with Crippen molar-refractivity contribution in [3.05, 3.63) is 23.9 Å². The summed E-state index contributed by atoms with van der Waals surface area (Å²) in [5.41, 5.74) is 0.987. The third kappa shape index (κ3) is 3.13.